The van der Waals surface area contributed by atoms with Crippen LogP contribution in [0.15, 0.2) is 0 Å². The summed E-state index contributed by atoms with van der Waals surface area (Å²) < 4.78 is 32.1. The fraction of sp³-hybridized carbons (Fsp3) is 1.00. The SMILES string of the molecule is CCCCCCCCC(CC(O)CCCCC)S(=O)(=O)O. The number of aliphatic hydroxyl groups excluding tert-OH is 1. The third-order valence-corrected chi connectivity index (χ3v) is 5.25. The third kappa shape index (κ3) is 12.1. The predicted molar refractivity (Wildman–Crippen MR) is 88.1 cm³/mol. The fourth-order valence-electron chi connectivity index (χ4n) is 2.59. The van der Waals surface area contributed by atoms with Gasteiger partial charge in [-0.15, -0.1) is 0 Å². The summed E-state index contributed by atoms with van der Waals surface area (Å²) in [6, 6.07) is 0. The first-order chi connectivity index (χ1) is 9.91. The Bertz CT molecular complexity index is 327. The van der Waals surface area contributed by atoms with Crippen LogP contribution in [0.3, 0.4) is 0 Å². The molecule has 0 rings (SSSR count). The van der Waals surface area contributed by atoms with Gasteiger partial charge in [-0.2, -0.15) is 8.42 Å². The van der Waals surface area contributed by atoms with Gasteiger partial charge in [0.2, 0.25) is 0 Å². The zero-order valence-corrected chi connectivity index (χ0v) is 14.6. The van der Waals surface area contributed by atoms with E-state index in [-0.39, 0.29) is 6.42 Å². The molecule has 0 saturated heterocycles. The predicted octanol–water partition coefficient (Wildman–Crippen LogP) is 4.32. The zero-order chi connectivity index (χ0) is 16.1. The van der Waals surface area contributed by atoms with Gasteiger partial charge >= 0.3 is 0 Å². The summed E-state index contributed by atoms with van der Waals surface area (Å²) in [4.78, 5) is 0. The van der Waals surface area contributed by atoms with Crippen molar-refractivity contribution in [3.05, 3.63) is 0 Å². The minimum atomic E-state index is -4.05. The van der Waals surface area contributed by atoms with Crippen molar-refractivity contribution >= 4 is 10.1 Å². The van der Waals surface area contributed by atoms with Crippen LogP contribution in [0.5, 0.6) is 0 Å². The molecule has 0 amide bonds. The standard InChI is InChI=1S/C16H34O4S/c1-3-5-7-8-9-11-13-16(21(18,19)20)14-15(17)12-10-6-4-2/h15-17H,3-14H2,1-2H3,(H,18,19,20). The molecule has 0 fully saturated rings. The van der Waals surface area contributed by atoms with Crippen molar-refractivity contribution in [3.63, 3.8) is 0 Å². The summed E-state index contributed by atoms with van der Waals surface area (Å²) in [6.07, 6.45) is 10.2. The summed E-state index contributed by atoms with van der Waals surface area (Å²) in [7, 11) is -4.05. The van der Waals surface area contributed by atoms with Gasteiger partial charge in [0.1, 0.15) is 0 Å². The van der Waals surface area contributed by atoms with E-state index in [1.54, 1.807) is 0 Å². The summed E-state index contributed by atoms with van der Waals surface area (Å²) in [5.74, 6) is 0. The molecule has 0 aliphatic heterocycles. The minimum absolute atomic E-state index is 0.164. The molecule has 128 valence electrons. The highest BCUT2D eigenvalue weighted by Gasteiger charge is 2.25. The Morgan fingerprint density at radius 3 is 1.86 bits per heavy atom. The van der Waals surface area contributed by atoms with E-state index in [0.717, 1.165) is 38.5 Å². The monoisotopic (exact) mass is 322 g/mol. The van der Waals surface area contributed by atoms with E-state index in [2.05, 4.69) is 13.8 Å². The highest BCUT2D eigenvalue weighted by atomic mass is 32.2. The Hall–Kier alpha value is -0.130. The second-order valence-electron chi connectivity index (χ2n) is 6.08. The van der Waals surface area contributed by atoms with E-state index in [0.29, 0.717) is 12.8 Å². The second kappa shape index (κ2) is 12.4. The van der Waals surface area contributed by atoms with Crippen molar-refractivity contribution in [2.45, 2.75) is 102 Å². The highest BCUT2D eigenvalue weighted by Crippen LogP contribution is 2.19. The van der Waals surface area contributed by atoms with Crippen LogP contribution < -0.4 is 0 Å². The van der Waals surface area contributed by atoms with E-state index in [4.69, 9.17) is 0 Å². The summed E-state index contributed by atoms with van der Waals surface area (Å²) in [6.45, 7) is 4.25. The van der Waals surface area contributed by atoms with E-state index in [1.165, 1.54) is 19.3 Å². The first-order valence-electron chi connectivity index (χ1n) is 8.56. The molecule has 2 N–H and O–H groups in total. The van der Waals surface area contributed by atoms with Crippen LogP contribution in [0.25, 0.3) is 0 Å². The van der Waals surface area contributed by atoms with Crippen LogP contribution in [0, 0.1) is 0 Å². The van der Waals surface area contributed by atoms with Crippen molar-refractivity contribution < 1.29 is 18.1 Å². The van der Waals surface area contributed by atoms with Crippen molar-refractivity contribution in [1.29, 1.82) is 0 Å². The molecule has 0 heterocycles. The lowest BCUT2D eigenvalue weighted by Crippen LogP contribution is -2.26. The fourth-order valence-corrected chi connectivity index (χ4v) is 3.52. The van der Waals surface area contributed by atoms with Crippen LogP contribution in [-0.4, -0.2) is 29.4 Å². The first-order valence-corrected chi connectivity index (χ1v) is 10.1. The number of hydrogen-bond acceptors (Lipinski definition) is 3. The van der Waals surface area contributed by atoms with Crippen LogP contribution in [0.2, 0.25) is 0 Å². The lowest BCUT2D eigenvalue weighted by Gasteiger charge is -2.18. The molecule has 0 aromatic heterocycles. The molecular formula is C16H34O4S. The molecule has 5 heteroatoms. The van der Waals surface area contributed by atoms with E-state index >= 15 is 0 Å². The Kier molecular flexibility index (Phi) is 12.3. The van der Waals surface area contributed by atoms with Crippen molar-refractivity contribution in [3.8, 4) is 0 Å². The molecule has 0 aromatic carbocycles. The smallest absolute Gasteiger partial charge is 0.267 e. The summed E-state index contributed by atoms with van der Waals surface area (Å²) >= 11 is 0. The first kappa shape index (κ1) is 20.9. The molecule has 0 bridgehead atoms. The van der Waals surface area contributed by atoms with E-state index < -0.39 is 21.5 Å². The third-order valence-electron chi connectivity index (χ3n) is 3.98. The lowest BCUT2D eigenvalue weighted by molar-refractivity contribution is 0.147. The average Bonchev–Trinajstić information content (AvgIpc) is 2.40. The molecule has 0 aliphatic rings. The maximum Gasteiger partial charge on any atom is 0.267 e. The summed E-state index contributed by atoms with van der Waals surface area (Å²) in [5, 5.41) is 9.10. The van der Waals surface area contributed by atoms with Gasteiger partial charge in [-0.25, -0.2) is 0 Å². The number of aliphatic hydroxyl groups is 1. The van der Waals surface area contributed by atoms with Gasteiger partial charge in [0.25, 0.3) is 10.1 Å². The highest BCUT2D eigenvalue weighted by molar-refractivity contribution is 7.86. The molecular weight excluding hydrogens is 288 g/mol. The molecule has 0 radical (unpaired) electrons. The largest absolute Gasteiger partial charge is 0.393 e. The quantitative estimate of drug-likeness (QED) is 0.369. The maximum absolute atomic E-state index is 11.4. The van der Waals surface area contributed by atoms with Gasteiger partial charge in [0.15, 0.2) is 0 Å². The van der Waals surface area contributed by atoms with Gasteiger partial charge in [0, 0.05) is 0 Å². The molecule has 0 saturated carbocycles. The van der Waals surface area contributed by atoms with Crippen LogP contribution in [-0.2, 0) is 10.1 Å². The average molecular weight is 323 g/mol. The van der Waals surface area contributed by atoms with E-state index in [1.807, 2.05) is 0 Å². The van der Waals surface area contributed by atoms with Crippen molar-refractivity contribution in [2.75, 3.05) is 0 Å². The van der Waals surface area contributed by atoms with Crippen LogP contribution >= 0.6 is 0 Å². The molecule has 0 spiro atoms. The molecule has 2 unspecified atom stereocenters. The molecule has 4 nitrogen and oxygen atoms in total. The van der Waals surface area contributed by atoms with Gasteiger partial charge in [-0.3, -0.25) is 4.55 Å². The zero-order valence-electron chi connectivity index (χ0n) is 13.8. The number of hydrogen-bond donors (Lipinski definition) is 2. The molecule has 0 aliphatic carbocycles. The topological polar surface area (TPSA) is 74.6 Å². The van der Waals surface area contributed by atoms with Gasteiger partial charge < -0.3 is 5.11 Å². The van der Waals surface area contributed by atoms with Crippen molar-refractivity contribution in [1.82, 2.24) is 0 Å². The second-order valence-corrected chi connectivity index (χ2v) is 7.78. The van der Waals surface area contributed by atoms with Gasteiger partial charge in [-0.1, -0.05) is 71.6 Å². The van der Waals surface area contributed by atoms with Gasteiger partial charge in [0.05, 0.1) is 11.4 Å². The lowest BCUT2D eigenvalue weighted by atomic mass is 10.0. The molecule has 21 heavy (non-hydrogen) atoms. The Morgan fingerprint density at radius 1 is 0.810 bits per heavy atom. The molecule has 2 atom stereocenters. The Labute approximate surface area is 131 Å². The number of unbranched alkanes of at least 4 members (excludes halogenated alkanes) is 7. The Balaban J connectivity index is 4.04. The van der Waals surface area contributed by atoms with Gasteiger partial charge in [-0.05, 0) is 19.3 Å². The Morgan fingerprint density at radius 2 is 1.29 bits per heavy atom. The normalized spacial score (nSPS) is 15.0. The maximum atomic E-state index is 11.4. The van der Waals surface area contributed by atoms with E-state index in [9.17, 15) is 18.1 Å². The molecule has 0 aromatic rings. The summed E-state index contributed by atoms with van der Waals surface area (Å²) in [5.41, 5.74) is 0. The van der Waals surface area contributed by atoms with Crippen molar-refractivity contribution in [2.24, 2.45) is 0 Å². The minimum Gasteiger partial charge on any atom is -0.393 e. The van der Waals surface area contributed by atoms with Crippen LogP contribution in [0.4, 0.5) is 0 Å². The number of rotatable bonds is 14. The van der Waals surface area contributed by atoms with Crippen LogP contribution in [0.1, 0.15) is 90.9 Å².